The van der Waals surface area contributed by atoms with Gasteiger partial charge in [-0.2, -0.15) is 0 Å². The number of thiophene rings is 1. The summed E-state index contributed by atoms with van der Waals surface area (Å²) in [5, 5.41) is 2.11. The highest BCUT2D eigenvalue weighted by atomic mass is 32.1. The SMILES string of the molecule is C=CC(N)CCCc1cccs1. The van der Waals surface area contributed by atoms with E-state index >= 15 is 0 Å². The molecule has 0 spiro atoms. The molecular weight excluding hydrogens is 166 g/mol. The molecule has 0 aliphatic rings. The van der Waals surface area contributed by atoms with Gasteiger partial charge < -0.3 is 5.73 Å². The third kappa shape index (κ3) is 3.20. The summed E-state index contributed by atoms with van der Waals surface area (Å²) in [6.07, 6.45) is 5.17. The molecule has 0 aliphatic carbocycles. The Bertz CT molecular complexity index is 216. The van der Waals surface area contributed by atoms with Crippen LogP contribution in [-0.2, 0) is 6.42 Å². The van der Waals surface area contributed by atoms with Crippen molar-refractivity contribution in [1.82, 2.24) is 0 Å². The van der Waals surface area contributed by atoms with E-state index in [2.05, 4.69) is 24.1 Å². The summed E-state index contributed by atoms with van der Waals surface area (Å²) < 4.78 is 0. The quantitative estimate of drug-likeness (QED) is 0.694. The van der Waals surface area contributed by atoms with Gasteiger partial charge in [0.15, 0.2) is 0 Å². The lowest BCUT2D eigenvalue weighted by atomic mass is 10.1. The maximum atomic E-state index is 5.70. The smallest absolute Gasteiger partial charge is 0.0221 e. The summed E-state index contributed by atoms with van der Waals surface area (Å²) in [5.41, 5.74) is 5.70. The van der Waals surface area contributed by atoms with E-state index < -0.39 is 0 Å². The fraction of sp³-hybridized carbons (Fsp3) is 0.400. The zero-order valence-electron chi connectivity index (χ0n) is 7.20. The molecule has 1 heterocycles. The Balaban J connectivity index is 2.15. The van der Waals surface area contributed by atoms with Gasteiger partial charge in [-0.1, -0.05) is 12.1 Å². The molecule has 1 aromatic heterocycles. The zero-order chi connectivity index (χ0) is 8.81. The first kappa shape index (κ1) is 9.49. The number of hydrogen-bond acceptors (Lipinski definition) is 2. The number of nitrogens with two attached hydrogens (primary N) is 1. The second-order valence-corrected chi connectivity index (χ2v) is 3.90. The third-order valence-electron chi connectivity index (χ3n) is 1.84. The maximum Gasteiger partial charge on any atom is 0.0221 e. The first-order chi connectivity index (χ1) is 5.83. The molecule has 2 N–H and O–H groups in total. The van der Waals surface area contributed by atoms with E-state index in [1.54, 1.807) is 0 Å². The van der Waals surface area contributed by atoms with Crippen molar-refractivity contribution in [3.63, 3.8) is 0 Å². The molecular formula is C10H15NS. The summed E-state index contributed by atoms with van der Waals surface area (Å²) in [6.45, 7) is 3.65. The molecule has 1 unspecified atom stereocenters. The summed E-state index contributed by atoms with van der Waals surface area (Å²) in [4.78, 5) is 1.45. The lowest BCUT2D eigenvalue weighted by Crippen LogP contribution is -2.15. The maximum absolute atomic E-state index is 5.70. The van der Waals surface area contributed by atoms with Crippen LogP contribution in [0.1, 0.15) is 17.7 Å². The topological polar surface area (TPSA) is 26.0 Å². The molecule has 0 saturated carbocycles. The van der Waals surface area contributed by atoms with E-state index in [0.29, 0.717) is 0 Å². The van der Waals surface area contributed by atoms with Crippen molar-refractivity contribution in [3.8, 4) is 0 Å². The Kier molecular flexibility index (Phi) is 4.05. The fourth-order valence-corrected chi connectivity index (χ4v) is 1.84. The molecule has 0 aliphatic heterocycles. The van der Waals surface area contributed by atoms with Crippen molar-refractivity contribution in [2.24, 2.45) is 5.73 Å². The predicted octanol–water partition coefficient (Wildman–Crippen LogP) is 2.58. The van der Waals surface area contributed by atoms with Crippen molar-refractivity contribution >= 4 is 11.3 Å². The van der Waals surface area contributed by atoms with Gasteiger partial charge in [-0.25, -0.2) is 0 Å². The Morgan fingerprint density at radius 1 is 1.67 bits per heavy atom. The summed E-state index contributed by atoms with van der Waals surface area (Å²) in [5.74, 6) is 0. The number of aryl methyl sites for hydroxylation is 1. The third-order valence-corrected chi connectivity index (χ3v) is 2.78. The zero-order valence-corrected chi connectivity index (χ0v) is 8.02. The lowest BCUT2D eigenvalue weighted by molar-refractivity contribution is 0.670. The first-order valence-corrected chi connectivity index (χ1v) is 5.11. The number of rotatable bonds is 5. The van der Waals surface area contributed by atoms with Gasteiger partial charge in [0.1, 0.15) is 0 Å². The van der Waals surface area contributed by atoms with Crippen molar-refractivity contribution in [1.29, 1.82) is 0 Å². The molecule has 0 amide bonds. The average Bonchev–Trinajstić information content (AvgIpc) is 2.57. The van der Waals surface area contributed by atoms with Crippen molar-refractivity contribution < 1.29 is 0 Å². The van der Waals surface area contributed by atoms with Crippen molar-refractivity contribution in [2.45, 2.75) is 25.3 Å². The molecule has 1 rings (SSSR count). The molecule has 0 bridgehead atoms. The van der Waals surface area contributed by atoms with E-state index in [1.165, 1.54) is 4.88 Å². The molecule has 2 heteroatoms. The summed E-state index contributed by atoms with van der Waals surface area (Å²) in [6, 6.07) is 4.43. The minimum atomic E-state index is 0.171. The van der Waals surface area contributed by atoms with Crippen molar-refractivity contribution in [3.05, 3.63) is 35.0 Å². The monoisotopic (exact) mass is 181 g/mol. The van der Waals surface area contributed by atoms with Gasteiger partial charge in [0.05, 0.1) is 0 Å². The Hall–Kier alpha value is -0.600. The van der Waals surface area contributed by atoms with Crippen LogP contribution in [0.5, 0.6) is 0 Å². The van der Waals surface area contributed by atoms with Gasteiger partial charge in [0.2, 0.25) is 0 Å². The Morgan fingerprint density at radius 3 is 3.08 bits per heavy atom. The van der Waals surface area contributed by atoms with Crippen LogP contribution in [0.4, 0.5) is 0 Å². The van der Waals surface area contributed by atoms with Crippen molar-refractivity contribution in [2.75, 3.05) is 0 Å². The van der Waals surface area contributed by atoms with Gasteiger partial charge >= 0.3 is 0 Å². The molecule has 1 nitrogen and oxygen atoms in total. The highest BCUT2D eigenvalue weighted by molar-refractivity contribution is 7.09. The van der Waals surface area contributed by atoms with Crippen LogP contribution in [-0.4, -0.2) is 6.04 Å². The second kappa shape index (κ2) is 5.12. The molecule has 66 valence electrons. The van der Waals surface area contributed by atoms with E-state index in [9.17, 15) is 0 Å². The van der Waals surface area contributed by atoms with Crippen LogP contribution in [0.25, 0.3) is 0 Å². The first-order valence-electron chi connectivity index (χ1n) is 4.23. The second-order valence-electron chi connectivity index (χ2n) is 2.87. The highest BCUT2D eigenvalue weighted by Gasteiger charge is 1.97. The van der Waals surface area contributed by atoms with Crippen LogP contribution in [0.15, 0.2) is 30.2 Å². The molecule has 0 saturated heterocycles. The van der Waals surface area contributed by atoms with Crippen LogP contribution < -0.4 is 5.73 Å². The molecule has 0 aromatic carbocycles. The van der Waals surface area contributed by atoms with Crippen LogP contribution >= 0.6 is 11.3 Å². The molecule has 1 aromatic rings. The molecule has 0 fully saturated rings. The minimum absolute atomic E-state index is 0.171. The predicted molar refractivity (Wildman–Crippen MR) is 55.4 cm³/mol. The van der Waals surface area contributed by atoms with E-state index in [-0.39, 0.29) is 6.04 Å². The largest absolute Gasteiger partial charge is 0.324 e. The summed E-state index contributed by atoms with van der Waals surface area (Å²) in [7, 11) is 0. The van der Waals surface area contributed by atoms with E-state index in [4.69, 9.17) is 5.73 Å². The van der Waals surface area contributed by atoms with Crippen LogP contribution in [0, 0.1) is 0 Å². The Labute approximate surface area is 77.9 Å². The fourth-order valence-electron chi connectivity index (χ4n) is 1.08. The molecule has 1 atom stereocenters. The van der Waals surface area contributed by atoms with E-state index in [0.717, 1.165) is 19.3 Å². The van der Waals surface area contributed by atoms with E-state index in [1.807, 2.05) is 17.4 Å². The van der Waals surface area contributed by atoms with Gasteiger partial charge in [-0.05, 0) is 30.7 Å². The average molecular weight is 181 g/mol. The van der Waals surface area contributed by atoms with Crippen LogP contribution in [0.2, 0.25) is 0 Å². The molecule has 12 heavy (non-hydrogen) atoms. The van der Waals surface area contributed by atoms with Crippen LogP contribution in [0.3, 0.4) is 0 Å². The molecule has 0 radical (unpaired) electrons. The number of hydrogen-bond donors (Lipinski definition) is 1. The Morgan fingerprint density at radius 2 is 2.50 bits per heavy atom. The summed E-state index contributed by atoms with van der Waals surface area (Å²) >= 11 is 1.82. The lowest BCUT2D eigenvalue weighted by Gasteiger charge is -2.03. The normalized spacial score (nSPS) is 12.8. The van der Waals surface area contributed by atoms with Gasteiger partial charge in [0.25, 0.3) is 0 Å². The minimum Gasteiger partial charge on any atom is -0.324 e. The standard InChI is InChI=1S/C10H15NS/c1-2-9(11)5-3-6-10-7-4-8-12-10/h2,4,7-9H,1,3,5-6,11H2. The highest BCUT2D eigenvalue weighted by Crippen LogP contribution is 2.12. The van der Waals surface area contributed by atoms with Gasteiger partial charge in [-0.3, -0.25) is 0 Å². The van der Waals surface area contributed by atoms with Gasteiger partial charge in [0, 0.05) is 10.9 Å². The van der Waals surface area contributed by atoms with Gasteiger partial charge in [-0.15, -0.1) is 17.9 Å².